The molecule has 1 aromatic carbocycles. The van der Waals surface area contributed by atoms with E-state index >= 15 is 0 Å². The van der Waals surface area contributed by atoms with Gasteiger partial charge < -0.3 is 15.1 Å². The Labute approximate surface area is 133 Å². The molecule has 0 bridgehead atoms. The van der Waals surface area contributed by atoms with Crippen LogP contribution in [0.5, 0.6) is 0 Å². The van der Waals surface area contributed by atoms with Crippen molar-refractivity contribution < 1.29 is 14.0 Å². The molecule has 118 valence electrons. The molecular weight excluding hydrogens is 302 g/mol. The fourth-order valence-electron chi connectivity index (χ4n) is 1.94. The fourth-order valence-corrected chi connectivity index (χ4v) is 2.89. The first-order valence-corrected chi connectivity index (χ1v) is 8.08. The van der Waals surface area contributed by atoms with Crippen molar-refractivity contribution in [1.82, 2.24) is 15.6 Å². The highest BCUT2D eigenvalue weighted by atomic mass is 32.2. The number of fused-ring (bicyclic) bond motifs is 1. The highest BCUT2D eigenvalue weighted by Gasteiger charge is 2.25. The SMILES string of the molecule is CCNC(=O)CC(Sc1nc2ccccc2o1)C(=O)NCC. The minimum Gasteiger partial charge on any atom is -0.431 e. The smallest absolute Gasteiger partial charge is 0.257 e. The predicted molar refractivity (Wildman–Crippen MR) is 85.6 cm³/mol. The van der Waals surface area contributed by atoms with Crippen LogP contribution >= 0.6 is 11.8 Å². The number of thioether (sulfide) groups is 1. The highest BCUT2D eigenvalue weighted by Crippen LogP contribution is 2.28. The Bertz CT molecular complexity index is 623. The van der Waals surface area contributed by atoms with Gasteiger partial charge in [0.2, 0.25) is 11.8 Å². The summed E-state index contributed by atoms with van der Waals surface area (Å²) >= 11 is 1.17. The average molecular weight is 321 g/mol. The lowest BCUT2D eigenvalue weighted by Crippen LogP contribution is -2.36. The summed E-state index contributed by atoms with van der Waals surface area (Å²) in [6.07, 6.45) is 0.0864. The molecule has 0 radical (unpaired) electrons. The second-order valence-corrected chi connectivity index (χ2v) is 5.76. The summed E-state index contributed by atoms with van der Waals surface area (Å²) in [7, 11) is 0. The summed E-state index contributed by atoms with van der Waals surface area (Å²) in [5.41, 5.74) is 1.40. The van der Waals surface area contributed by atoms with Crippen molar-refractivity contribution in [2.75, 3.05) is 13.1 Å². The van der Waals surface area contributed by atoms with Crippen molar-refractivity contribution in [3.8, 4) is 0 Å². The number of rotatable bonds is 7. The number of carbonyl (C=O) groups is 2. The minimum atomic E-state index is -0.570. The molecule has 0 saturated heterocycles. The molecule has 0 saturated carbocycles. The molecule has 1 unspecified atom stereocenters. The number of aromatic nitrogens is 1. The van der Waals surface area contributed by atoms with Gasteiger partial charge in [-0.1, -0.05) is 23.9 Å². The van der Waals surface area contributed by atoms with E-state index in [1.807, 2.05) is 38.1 Å². The number of benzene rings is 1. The Morgan fingerprint density at radius 3 is 2.64 bits per heavy atom. The average Bonchev–Trinajstić information content (AvgIpc) is 2.89. The summed E-state index contributed by atoms with van der Waals surface area (Å²) in [5, 5.41) is 5.26. The molecule has 0 aliphatic carbocycles. The maximum Gasteiger partial charge on any atom is 0.257 e. The number of carbonyl (C=O) groups excluding carboxylic acids is 2. The van der Waals surface area contributed by atoms with Gasteiger partial charge in [-0.05, 0) is 26.0 Å². The first-order chi connectivity index (χ1) is 10.6. The lowest BCUT2D eigenvalue weighted by Gasteiger charge is -2.13. The molecule has 7 heteroatoms. The second kappa shape index (κ2) is 7.84. The van der Waals surface area contributed by atoms with Crippen LogP contribution in [0.15, 0.2) is 33.9 Å². The number of hydrogen-bond acceptors (Lipinski definition) is 5. The second-order valence-electron chi connectivity index (χ2n) is 4.61. The van der Waals surface area contributed by atoms with Crippen LogP contribution in [0.4, 0.5) is 0 Å². The van der Waals surface area contributed by atoms with Crippen LogP contribution in [0, 0.1) is 0 Å². The van der Waals surface area contributed by atoms with Crippen molar-refractivity contribution in [2.45, 2.75) is 30.7 Å². The maximum absolute atomic E-state index is 12.1. The van der Waals surface area contributed by atoms with Gasteiger partial charge in [-0.25, -0.2) is 4.98 Å². The zero-order valence-corrected chi connectivity index (χ0v) is 13.4. The van der Waals surface area contributed by atoms with Crippen LogP contribution in [-0.4, -0.2) is 35.1 Å². The predicted octanol–water partition coefficient (Wildman–Crippen LogP) is 1.95. The molecule has 0 aliphatic heterocycles. The van der Waals surface area contributed by atoms with Crippen molar-refractivity contribution in [3.05, 3.63) is 24.3 Å². The van der Waals surface area contributed by atoms with E-state index in [2.05, 4.69) is 15.6 Å². The van der Waals surface area contributed by atoms with E-state index in [4.69, 9.17) is 4.42 Å². The zero-order chi connectivity index (χ0) is 15.9. The molecule has 2 aromatic rings. The standard InChI is InChI=1S/C15H19N3O3S/c1-3-16-13(19)9-12(14(20)17-4-2)22-15-18-10-7-5-6-8-11(10)21-15/h5-8,12H,3-4,9H2,1-2H3,(H,16,19)(H,17,20). The van der Waals surface area contributed by atoms with E-state index in [1.54, 1.807) is 0 Å². The summed E-state index contributed by atoms with van der Waals surface area (Å²) < 4.78 is 5.61. The largest absolute Gasteiger partial charge is 0.431 e. The molecule has 0 aliphatic rings. The number of hydrogen-bond donors (Lipinski definition) is 2. The molecule has 1 atom stereocenters. The molecule has 1 heterocycles. The van der Waals surface area contributed by atoms with Gasteiger partial charge in [-0.3, -0.25) is 9.59 Å². The van der Waals surface area contributed by atoms with Crippen molar-refractivity contribution in [1.29, 1.82) is 0 Å². The molecule has 2 N–H and O–H groups in total. The Morgan fingerprint density at radius 1 is 1.23 bits per heavy atom. The Kier molecular flexibility index (Phi) is 5.83. The molecular formula is C15H19N3O3S. The van der Waals surface area contributed by atoms with Gasteiger partial charge in [0, 0.05) is 19.5 Å². The Hall–Kier alpha value is -2.02. The normalized spacial score (nSPS) is 12.1. The van der Waals surface area contributed by atoms with Gasteiger partial charge in [0.05, 0.1) is 0 Å². The molecule has 6 nitrogen and oxygen atoms in total. The van der Waals surface area contributed by atoms with E-state index in [9.17, 15) is 9.59 Å². The topological polar surface area (TPSA) is 84.2 Å². The lowest BCUT2D eigenvalue weighted by atomic mass is 10.2. The van der Waals surface area contributed by atoms with Crippen molar-refractivity contribution in [3.63, 3.8) is 0 Å². The van der Waals surface area contributed by atoms with Gasteiger partial charge in [-0.15, -0.1) is 0 Å². The zero-order valence-electron chi connectivity index (χ0n) is 12.6. The van der Waals surface area contributed by atoms with Gasteiger partial charge in [0.1, 0.15) is 10.8 Å². The molecule has 0 fully saturated rings. The summed E-state index contributed by atoms with van der Waals surface area (Å²) in [6.45, 7) is 4.73. The van der Waals surface area contributed by atoms with E-state index in [-0.39, 0.29) is 18.2 Å². The third kappa shape index (κ3) is 4.24. The number of nitrogens with zero attached hydrogens (tertiary/aromatic N) is 1. The van der Waals surface area contributed by atoms with Crippen LogP contribution in [-0.2, 0) is 9.59 Å². The highest BCUT2D eigenvalue weighted by molar-refractivity contribution is 8.00. The van der Waals surface area contributed by atoms with Crippen LogP contribution in [0.3, 0.4) is 0 Å². The van der Waals surface area contributed by atoms with Gasteiger partial charge >= 0.3 is 0 Å². The van der Waals surface area contributed by atoms with Crippen molar-refractivity contribution >= 4 is 34.7 Å². The number of amides is 2. The van der Waals surface area contributed by atoms with Crippen LogP contribution < -0.4 is 10.6 Å². The van der Waals surface area contributed by atoms with Crippen molar-refractivity contribution in [2.24, 2.45) is 0 Å². The summed E-state index contributed by atoms with van der Waals surface area (Å²) in [6, 6.07) is 7.39. The van der Waals surface area contributed by atoms with E-state index < -0.39 is 5.25 Å². The number of nitrogens with one attached hydrogen (secondary N) is 2. The van der Waals surface area contributed by atoms with Gasteiger partial charge in [0.15, 0.2) is 5.58 Å². The quantitative estimate of drug-likeness (QED) is 0.762. The Balaban J connectivity index is 2.13. The van der Waals surface area contributed by atoms with Gasteiger partial charge in [-0.2, -0.15) is 0 Å². The first-order valence-electron chi connectivity index (χ1n) is 7.20. The first kappa shape index (κ1) is 16.4. The molecule has 2 amide bonds. The molecule has 0 spiro atoms. The van der Waals surface area contributed by atoms with E-state index in [0.717, 1.165) is 5.52 Å². The molecule has 22 heavy (non-hydrogen) atoms. The lowest BCUT2D eigenvalue weighted by molar-refractivity contribution is -0.125. The third-order valence-electron chi connectivity index (χ3n) is 2.91. The molecule has 1 aromatic heterocycles. The van der Waals surface area contributed by atoms with E-state index in [0.29, 0.717) is 23.9 Å². The number of oxazole rings is 1. The van der Waals surface area contributed by atoms with Gasteiger partial charge in [0.25, 0.3) is 5.22 Å². The minimum absolute atomic E-state index is 0.0864. The van der Waals surface area contributed by atoms with Crippen LogP contribution in [0.25, 0.3) is 11.1 Å². The number of para-hydroxylation sites is 2. The third-order valence-corrected chi connectivity index (χ3v) is 3.95. The van der Waals surface area contributed by atoms with Crippen LogP contribution in [0.2, 0.25) is 0 Å². The summed E-state index contributed by atoms with van der Waals surface area (Å²) in [5.74, 6) is -0.358. The molecule has 2 rings (SSSR count). The van der Waals surface area contributed by atoms with E-state index in [1.165, 1.54) is 11.8 Å². The summed E-state index contributed by atoms with van der Waals surface area (Å²) in [4.78, 5) is 28.2. The van der Waals surface area contributed by atoms with Crippen LogP contribution in [0.1, 0.15) is 20.3 Å². The Morgan fingerprint density at radius 2 is 1.95 bits per heavy atom. The maximum atomic E-state index is 12.1. The fraction of sp³-hybridized carbons (Fsp3) is 0.400. The monoisotopic (exact) mass is 321 g/mol.